The Labute approximate surface area is 179 Å². The van der Waals surface area contributed by atoms with Crippen LogP contribution in [0.3, 0.4) is 0 Å². The summed E-state index contributed by atoms with van der Waals surface area (Å²) in [7, 11) is -4.08. The van der Waals surface area contributed by atoms with Gasteiger partial charge in [-0.3, -0.25) is 0 Å². The average Bonchev–Trinajstić information content (AvgIpc) is 3.15. The number of nitriles is 1. The molecule has 0 saturated heterocycles. The first-order chi connectivity index (χ1) is 14.2. The van der Waals surface area contributed by atoms with Crippen molar-refractivity contribution in [3.63, 3.8) is 0 Å². The third kappa shape index (κ3) is 3.30. The fourth-order valence-electron chi connectivity index (χ4n) is 3.32. The SMILES string of the molecule is CC1(S(=O)(=O)n2ccc3cc(Oc4cccc(C#N)c4)ccc32)CC=C(S)C=C1F. The van der Waals surface area contributed by atoms with Crippen LogP contribution in [0, 0.1) is 11.3 Å². The van der Waals surface area contributed by atoms with Crippen LogP contribution in [0.15, 0.2) is 77.6 Å². The highest BCUT2D eigenvalue weighted by atomic mass is 32.2. The summed E-state index contributed by atoms with van der Waals surface area (Å²) in [5.41, 5.74) is 0.892. The Morgan fingerprint density at radius 3 is 2.70 bits per heavy atom. The average molecular weight is 441 g/mol. The maximum absolute atomic E-state index is 14.7. The van der Waals surface area contributed by atoms with Crippen LogP contribution in [0.4, 0.5) is 4.39 Å². The van der Waals surface area contributed by atoms with E-state index in [1.165, 1.54) is 13.1 Å². The molecular formula is C22H17FN2O3S2. The summed E-state index contributed by atoms with van der Waals surface area (Å²) in [6.45, 7) is 1.37. The summed E-state index contributed by atoms with van der Waals surface area (Å²) in [5, 5.41) is 9.63. The Morgan fingerprint density at radius 1 is 1.20 bits per heavy atom. The number of ether oxygens (including phenoxy) is 1. The molecule has 0 bridgehead atoms. The molecule has 4 rings (SSSR count). The van der Waals surface area contributed by atoms with Gasteiger partial charge in [-0.25, -0.2) is 16.8 Å². The van der Waals surface area contributed by atoms with Crippen molar-refractivity contribution in [2.24, 2.45) is 0 Å². The van der Waals surface area contributed by atoms with Gasteiger partial charge >= 0.3 is 0 Å². The Kier molecular flexibility index (Phi) is 4.96. The highest BCUT2D eigenvalue weighted by Gasteiger charge is 2.45. The van der Waals surface area contributed by atoms with E-state index >= 15 is 0 Å². The smallest absolute Gasteiger partial charge is 0.251 e. The molecule has 30 heavy (non-hydrogen) atoms. The van der Waals surface area contributed by atoms with Crippen LogP contribution in [0.1, 0.15) is 18.9 Å². The van der Waals surface area contributed by atoms with Crippen molar-refractivity contribution < 1.29 is 17.5 Å². The van der Waals surface area contributed by atoms with E-state index in [0.29, 0.717) is 32.9 Å². The van der Waals surface area contributed by atoms with Gasteiger partial charge in [0.15, 0.2) is 0 Å². The number of rotatable bonds is 4. The molecule has 3 aromatic rings. The summed E-state index contributed by atoms with van der Waals surface area (Å²) in [6, 6.07) is 15.4. The standard InChI is InChI=1S/C22H17FN2O3S2/c1-22(9-7-19(29)13-21(22)23)30(26,27)25-10-8-16-12-18(5-6-20(16)25)28-17-4-2-3-15(11-17)14-24/h2-8,10-13,29H,9H2,1H3. The predicted octanol–water partition coefficient (Wildman–Crippen LogP) is 5.31. The lowest BCUT2D eigenvalue weighted by Gasteiger charge is -2.29. The van der Waals surface area contributed by atoms with E-state index < -0.39 is 20.6 Å². The van der Waals surface area contributed by atoms with Crippen molar-refractivity contribution in [3.05, 3.63) is 83.2 Å². The minimum absolute atomic E-state index is 0.00734. The molecule has 0 N–H and O–H groups in total. The predicted molar refractivity (Wildman–Crippen MR) is 117 cm³/mol. The second-order valence-corrected chi connectivity index (χ2v) is 9.90. The molecule has 0 aliphatic heterocycles. The molecule has 152 valence electrons. The first kappa shape index (κ1) is 20.3. The lowest BCUT2D eigenvalue weighted by Crippen LogP contribution is -2.40. The van der Waals surface area contributed by atoms with Gasteiger partial charge in [0, 0.05) is 16.5 Å². The Bertz CT molecular complexity index is 1370. The zero-order valence-electron chi connectivity index (χ0n) is 15.9. The van der Waals surface area contributed by atoms with E-state index in [2.05, 4.69) is 12.6 Å². The van der Waals surface area contributed by atoms with E-state index in [-0.39, 0.29) is 6.42 Å². The summed E-state index contributed by atoms with van der Waals surface area (Å²) in [4.78, 5) is 0.403. The summed E-state index contributed by atoms with van der Waals surface area (Å²) in [5.74, 6) is 0.247. The minimum Gasteiger partial charge on any atom is -0.457 e. The van der Waals surface area contributed by atoms with E-state index in [1.54, 1.807) is 54.6 Å². The van der Waals surface area contributed by atoms with E-state index in [9.17, 15) is 12.8 Å². The number of fused-ring (bicyclic) bond motifs is 1. The monoisotopic (exact) mass is 440 g/mol. The van der Waals surface area contributed by atoms with Crippen LogP contribution in [-0.4, -0.2) is 17.1 Å². The molecule has 8 heteroatoms. The molecular weight excluding hydrogens is 423 g/mol. The van der Waals surface area contributed by atoms with Gasteiger partial charge in [0.2, 0.25) is 0 Å². The third-order valence-electron chi connectivity index (χ3n) is 5.13. The van der Waals surface area contributed by atoms with Crippen LogP contribution < -0.4 is 4.74 Å². The third-order valence-corrected chi connectivity index (χ3v) is 7.78. The topological polar surface area (TPSA) is 72.1 Å². The van der Waals surface area contributed by atoms with E-state index in [0.717, 1.165) is 10.0 Å². The van der Waals surface area contributed by atoms with Crippen LogP contribution in [0.25, 0.3) is 10.9 Å². The minimum atomic E-state index is -4.08. The van der Waals surface area contributed by atoms with E-state index in [1.807, 2.05) is 6.07 Å². The van der Waals surface area contributed by atoms with E-state index in [4.69, 9.17) is 10.00 Å². The Balaban J connectivity index is 1.71. The first-order valence-electron chi connectivity index (χ1n) is 9.06. The highest BCUT2D eigenvalue weighted by molar-refractivity contribution is 7.91. The first-order valence-corrected chi connectivity index (χ1v) is 10.9. The molecule has 0 amide bonds. The number of aromatic nitrogens is 1. The molecule has 1 unspecified atom stereocenters. The molecule has 1 aliphatic carbocycles. The number of thiol groups is 1. The molecule has 1 heterocycles. The van der Waals surface area contributed by atoms with Gasteiger partial charge in [0.1, 0.15) is 22.1 Å². The van der Waals surface area contributed by atoms with Gasteiger partial charge in [-0.2, -0.15) is 5.26 Å². The summed E-state index contributed by atoms with van der Waals surface area (Å²) >= 11 is 4.10. The number of benzene rings is 2. The zero-order valence-corrected chi connectivity index (χ0v) is 17.6. The zero-order chi connectivity index (χ0) is 21.5. The maximum atomic E-state index is 14.7. The number of allylic oxidation sites excluding steroid dienone is 2. The molecule has 1 aliphatic rings. The van der Waals surface area contributed by atoms with Gasteiger partial charge in [-0.15, -0.1) is 12.6 Å². The largest absolute Gasteiger partial charge is 0.457 e. The second-order valence-electron chi connectivity index (χ2n) is 7.14. The maximum Gasteiger partial charge on any atom is 0.251 e. The summed E-state index contributed by atoms with van der Waals surface area (Å²) in [6.07, 6.45) is 4.14. The molecule has 5 nitrogen and oxygen atoms in total. The van der Waals surface area contributed by atoms with Gasteiger partial charge in [0.25, 0.3) is 10.0 Å². The van der Waals surface area contributed by atoms with Crippen molar-refractivity contribution in [2.45, 2.75) is 18.1 Å². The normalized spacial score (nSPS) is 19.1. The molecule has 0 spiro atoms. The van der Waals surface area contributed by atoms with Gasteiger partial charge in [-0.1, -0.05) is 12.1 Å². The fourth-order valence-corrected chi connectivity index (χ4v) is 5.20. The highest BCUT2D eigenvalue weighted by Crippen LogP contribution is 2.39. The summed E-state index contributed by atoms with van der Waals surface area (Å²) < 4.78 is 46.5. The number of halogens is 1. The fraction of sp³-hybridized carbons (Fsp3) is 0.136. The van der Waals surface area contributed by atoms with Crippen molar-refractivity contribution in [1.82, 2.24) is 3.97 Å². The van der Waals surface area contributed by atoms with Crippen molar-refractivity contribution in [2.75, 3.05) is 0 Å². The lowest BCUT2D eigenvalue weighted by atomic mass is 10.0. The Hall–Kier alpha value is -3.02. The molecule has 0 saturated carbocycles. The van der Waals surface area contributed by atoms with Crippen LogP contribution in [-0.2, 0) is 10.0 Å². The lowest BCUT2D eigenvalue weighted by molar-refractivity contribution is 0.476. The van der Waals surface area contributed by atoms with Crippen molar-refractivity contribution in [3.8, 4) is 17.6 Å². The number of hydrogen-bond donors (Lipinski definition) is 1. The van der Waals surface area contributed by atoms with Crippen LogP contribution in [0.5, 0.6) is 11.5 Å². The number of nitrogens with zero attached hydrogens (tertiary/aromatic N) is 2. The van der Waals surface area contributed by atoms with Gasteiger partial charge in [-0.05, 0) is 61.9 Å². The van der Waals surface area contributed by atoms with Gasteiger partial charge < -0.3 is 4.74 Å². The molecule has 1 aromatic heterocycles. The molecule has 0 fully saturated rings. The molecule has 0 radical (unpaired) electrons. The van der Waals surface area contributed by atoms with Crippen molar-refractivity contribution >= 4 is 33.6 Å². The van der Waals surface area contributed by atoms with Gasteiger partial charge in [0.05, 0.1) is 17.1 Å². The Morgan fingerprint density at radius 2 is 1.97 bits per heavy atom. The molecule has 1 atom stereocenters. The second kappa shape index (κ2) is 7.35. The molecule has 2 aromatic carbocycles. The van der Waals surface area contributed by atoms with Crippen molar-refractivity contribution in [1.29, 1.82) is 5.26 Å². The van der Waals surface area contributed by atoms with Crippen LogP contribution in [0.2, 0.25) is 0 Å². The number of hydrogen-bond acceptors (Lipinski definition) is 5. The quantitative estimate of drug-likeness (QED) is 0.558. The van der Waals surface area contributed by atoms with Crippen LogP contribution >= 0.6 is 12.6 Å².